The standard InChI is InChI=1S/C15H16BrF2NOS/c1-2-19-12(9-14-11(16)7-8-21-14)10-5-3-4-6-13(10)20-15(17)18/h3-8,12,15,19H,2,9H2,1H3. The third kappa shape index (κ3) is 4.49. The van der Waals surface area contributed by atoms with Gasteiger partial charge in [-0.25, -0.2) is 0 Å². The summed E-state index contributed by atoms with van der Waals surface area (Å²) < 4.78 is 30.8. The summed E-state index contributed by atoms with van der Waals surface area (Å²) in [5.41, 5.74) is 0.750. The molecule has 0 saturated carbocycles. The summed E-state index contributed by atoms with van der Waals surface area (Å²) in [6, 6.07) is 8.86. The van der Waals surface area contributed by atoms with Crippen molar-refractivity contribution in [1.82, 2.24) is 5.32 Å². The van der Waals surface area contributed by atoms with Crippen LogP contribution in [-0.4, -0.2) is 13.2 Å². The number of para-hydroxylation sites is 1. The van der Waals surface area contributed by atoms with Gasteiger partial charge in [-0.2, -0.15) is 8.78 Å². The predicted octanol–water partition coefficient (Wildman–Crippen LogP) is 5.01. The first-order chi connectivity index (χ1) is 10.1. The van der Waals surface area contributed by atoms with E-state index < -0.39 is 6.61 Å². The fourth-order valence-corrected chi connectivity index (χ4v) is 3.73. The zero-order valence-corrected chi connectivity index (χ0v) is 13.9. The number of likely N-dealkylation sites (N-methyl/N-ethyl adjacent to an activating group) is 1. The van der Waals surface area contributed by atoms with Gasteiger partial charge in [0.2, 0.25) is 0 Å². The number of nitrogens with one attached hydrogen (secondary N) is 1. The van der Waals surface area contributed by atoms with E-state index in [4.69, 9.17) is 0 Å². The number of alkyl halides is 2. The SMILES string of the molecule is CCNC(Cc1sccc1Br)c1ccccc1OC(F)F. The lowest BCUT2D eigenvalue weighted by molar-refractivity contribution is -0.0507. The molecule has 21 heavy (non-hydrogen) atoms. The minimum atomic E-state index is -2.82. The highest BCUT2D eigenvalue weighted by molar-refractivity contribution is 9.10. The second kappa shape index (κ2) is 7.87. The number of benzene rings is 1. The Balaban J connectivity index is 2.27. The number of thiophene rings is 1. The Hall–Kier alpha value is -0.980. The Morgan fingerprint density at radius 3 is 2.67 bits per heavy atom. The molecule has 6 heteroatoms. The fraction of sp³-hybridized carbons (Fsp3) is 0.333. The van der Waals surface area contributed by atoms with Gasteiger partial charge in [0.25, 0.3) is 0 Å². The Morgan fingerprint density at radius 2 is 2.05 bits per heavy atom. The molecule has 0 spiro atoms. The highest BCUT2D eigenvalue weighted by Gasteiger charge is 2.19. The van der Waals surface area contributed by atoms with E-state index in [1.807, 2.05) is 30.5 Å². The van der Waals surface area contributed by atoms with E-state index in [9.17, 15) is 8.78 Å². The number of halogens is 3. The van der Waals surface area contributed by atoms with Gasteiger partial charge in [0, 0.05) is 27.4 Å². The quantitative estimate of drug-likeness (QED) is 0.734. The molecule has 2 aromatic rings. The van der Waals surface area contributed by atoms with Crippen molar-refractivity contribution in [2.45, 2.75) is 26.0 Å². The van der Waals surface area contributed by atoms with Gasteiger partial charge >= 0.3 is 6.61 Å². The third-order valence-corrected chi connectivity index (χ3v) is 4.99. The molecular formula is C15H16BrF2NOS. The molecule has 0 saturated heterocycles. The third-order valence-electron chi connectivity index (χ3n) is 3.04. The molecule has 1 aromatic carbocycles. The maximum absolute atomic E-state index is 12.5. The van der Waals surface area contributed by atoms with Crippen LogP contribution in [0.5, 0.6) is 5.75 Å². The van der Waals surface area contributed by atoms with Gasteiger partial charge in [-0.15, -0.1) is 11.3 Å². The van der Waals surface area contributed by atoms with Crippen molar-refractivity contribution in [2.75, 3.05) is 6.54 Å². The van der Waals surface area contributed by atoms with Crippen molar-refractivity contribution >= 4 is 27.3 Å². The van der Waals surface area contributed by atoms with Gasteiger partial charge < -0.3 is 10.1 Å². The lowest BCUT2D eigenvalue weighted by Crippen LogP contribution is -2.23. The molecule has 0 bridgehead atoms. The molecule has 0 aliphatic rings. The first kappa shape index (κ1) is 16.4. The van der Waals surface area contributed by atoms with Crippen LogP contribution in [-0.2, 0) is 6.42 Å². The molecule has 1 unspecified atom stereocenters. The fourth-order valence-electron chi connectivity index (χ4n) is 2.17. The van der Waals surface area contributed by atoms with E-state index >= 15 is 0 Å². The average molecular weight is 376 g/mol. The van der Waals surface area contributed by atoms with Gasteiger partial charge in [-0.1, -0.05) is 25.1 Å². The maximum atomic E-state index is 12.5. The maximum Gasteiger partial charge on any atom is 0.387 e. The number of hydrogen-bond donors (Lipinski definition) is 1. The molecule has 0 amide bonds. The lowest BCUT2D eigenvalue weighted by atomic mass is 10.0. The molecule has 2 rings (SSSR count). The summed E-state index contributed by atoms with van der Waals surface area (Å²) >= 11 is 5.15. The molecule has 1 atom stereocenters. The van der Waals surface area contributed by atoms with Crippen LogP contribution in [0.2, 0.25) is 0 Å². The topological polar surface area (TPSA) is 21.3 Å². The highest BCUT2D eigenvalue weighted by Crippen LogP contribution is 2.32. The normalized spacial score (nSPS) is 12.6. The smallest absolute Gasteiger partial charge is 0.387 e. The second-order valence-electron chi connectivity index (χ2n) is 4.42. The van der Waals surface area contributed by atoms with Crippen LogP contribution in [0.3, 0.4) is 0 Å². The minimum Gasteiger partial charge on any atom is -0.434 e. The van der Waals surface area contributed by atoms with Crippen molar-refractivity contribution in [3.05, 3.63) is 50.6 Å². The van der Waals surface area contributed by atoms with Crippen LogP contribution in [0, 0.1) is 0 Å². The molecule has 1 aromatic heterocycles. The first-order valence-electron chi connectivity index (χ1n) is 6.60. The van der Waals surface area contributed by atoms with Crippen LogP contribution < -0.4 is 10.1 Å². The van der Waals surface area contributed by atoms with Gasteiger partial charge in [0.05, 0.1) is 0 Å². The predicted molar refractivity (Wildman–Crippen MR) is 85.2 cm³/mol. The van der Waals surface area contributed by atoms with Gasteiger partial charge in [-0.05, 0) is 40.0 Å². The molecule has 1 heterocycles. The molecule has 0 radical (unpaired) electrons. The van der Waals surface area contributed by atoms with Crippen molar-refractivity contribution in [3.8, 4) is 5.75 Å². The molecule has 0 aliphatic carbocycles. The number of hydrogen-bond acceptors (Lipinski definition) is 3. The summed E-state index contributed by atoms with van der Waals surface area (Å²) in [5.74, 6) is 0.228. The van der Waals surface area contributed by atoms with Crippen LogP contribution >= 0.6 is 27.3 Å². The first-order valence-corrected chi connectivity index (χ1v) is 8.28. The van der Waals surface area contributed by atoms with E-state index in [-0.39, 0.29) is 11.8 Å². The zero-order valence-electron chi connectivity index (χ0n) is 11.5. The van der Waals surface area contributed by atoms with Crippen LogP contribution in [0.15, 0.2) is 40.2 Å². The molecule has 114 valence electrons. The highest BCUT2D eigenvalue weighted by atomic mass is 79.9. The molecular weight excluding hydrogens is 360 g/mol. The summed E-state index contributed by atoms with van der Waals surface area (Å²) in [6.45, 7) is -0.0779. The van der Waals surface area contributed by atoms with E-state index in [2.05, 4.69) is 26.0 Å². The zero-order chi connectivity index (χ0) is 15.2. The van der Waals surface area contributed by atoms with E-state index in [1.54, 1.807) is 23.5 Å². The summed E-state index contributed by atoms with van der Waals surface area (Å²) in [7, 11) is 0. The molecule has 0 aliphatic heterocycles. The second-order valence-corrected chi connectivity index (χ2v) is 6.28. The van der Waals surface area contributed by atoms with Gasteiger partial charge in [0.1, 0.15) is 5.75 Å². The molecule has 2 nitrogen and oxygen atoms in total. The average Bonchev–Trinajstić information content (AvgIpc) is 2.84. The summed E-state index contributed by atoms with van der Waals surface area (Å²) in [4.78, 5) is 1.17. The molecule has 0 fully saturated rings. The van der Waals surface area contributed by atoms with Gasteiger partial charge in [-0.3, -0.25) is 0 Å². The van der Waals surface area contributed by atoms with Crippen molar-refractivity contribution in [1.29, 1.82) is 0 Å². The Morgan fingerprint density at radius 1 is 1.29 bits per heavy atom. The van der Waals surface area contributed by atoms with Crippen LogP contribution in [0.1, 0.15) is 23.4 Å². The van der Waals surface area contributed by atoms with Gasteiger partial charge in [0.15, 0.2) is 0 Å². The monoisotopic (exact) mass is 375 g/mol. The lowest BCUT2D eigenvalue weighted by Gasteiger charge is -2.21. The summed E-state index contributed by atoms with van der Waals surface area (Å²) in [5, 5.41) is 5.34. The molecule has 1 N–H and O–H groups in total. The van der Waals surface area contributed by atoms with Crippen LogP contribution in [0.4, 0.5) is 8.78 Å². The van der Waals surface area contributed by atoms with Crippen molar-refractivity contribution in [3.63, 3.8) is 0 Å². The largest absolute Gasteiger partial charge is 0.434 e. The van der Waals surface area contributed by atoms with Crippen molar-refractivity contribution < 1.29 is 13.5 Å². The van der Waals surface area contributed by atoms with E-state index in [0.29, 0.717) is 0 Å². The minimum absolute atomic E-state index is 0.0695. The number of ether oxygens (including phenoxy) is 1. The van der Waals surface area contributed by atoms with E-state index in [1.165, 1.54) is 4.88 Å². The van der Waals surface area contributed by atoms with Crippen LogP contribution in [0.25, 0.3) is 0 Å². The van der Waals surface area contributed by atoms with Crippen molar-refractivity contribution in [2.24, 2.45) is 0 Å². The Kier molecular flexibility index (Phi) is 6.14. The van der Waals surface area contributed by atoms with E-state index in [0.717, 1.165) is 23.0 Å². The Labute approximate surface area is 135 Å². The number of rotatable bonds is 7. The Bertz CT molecular complexity index is 576. The summed E-state index contributed by atoms with van der Waals surface area (Å²) in [6.07, 6.45) is 0.718.